The van der Waals surface area contributed by atoms with Gasteiger partial charge >= 0.3 is 5.97 Å². The molecule has 0 aromatic rings. The zero-order valence-corrected chi connectivity index (χ0v) is 8.12. The van der Waals surface area contributed by atoms with Crippen LogP contribution in [0.25, 0.3) is 0 Å². The number of hydrogen-bond acceptors (Lipinski definition) is 5. The topological polar surface area (TPSA) is 93.2 Å². The molecule has 1 rings (SSSR count). The first kappa shape index (κ1) is 11.2. The van der Waals surface area contributed by atoms with Crippen molar-refractivity contribution >= 4 is 16.1 Å². The number of hydrogen-bond donors (Lipinski definition) is 1. The van der Waals surface area contributed by atoms with Crippen LogP contribution < -0.4 is 0 Å². The van der Waals surface area contributed by atoms with Gasteiger partial charge in [-0.2, -0.15) is 8.42 Å². The van der Waals surface area contributed by atoms with E-state index in [0.29, 0.717) is 6.61 Å². The van der Waals surface area contributed by atoms with Gasteiger partial charge in [-0.25, -0.2) is 4.79 Å². The number of carbonyl (C=O) groups excluding carboxylic acids is 1. The molecule has 1 atom stereocenters. The molecule has 0 saturated carbocycles. The second-order valence-electron chi connectivity index (χ2n) is 2.88. The van der Waals surface area contributed by atoms with Gasteiger partial charge in [0.1, 0.15) is 18.5 Å². The number of ether oxygens (including phenoxy) is 2. The van der Waals surface area contributed by atoms with Crippen molar-refractivity contribution in [2.24, 2.45) is 0 Å². The van der Waals surface area contributed by atoms with Gasteiger partial charge < -0.3 is 9.47 Å². The molecular weight excluding hydrogens is 212 g/mol. The van der Waals surface area contributed by atoms with Crippen LogP contribution >= 0.6 is 0 Å². The van der Waals surface area contributed by atoms with Crippen LogP contribution in [-0.4, -0.2) is 44.0 Å². The van der Waals surface area contributed by atoms with Crippen LogP contribution in [0.2, 0.25) is 0 Å². The summed E-state index contributed by atoms with van der Waals surface area (Å²) in [6.45, 7) is 3.81. The zero-order valence-electron chi connectivity index (χ0n) is 7.30. The number of epoxide rings is 1. The van der Waals surface area contributed by atoms with Crippen molar-refractivity contribution in [3.63, 3.8) is 0 Å². The van der Waals surface area contributed by atoms with Crippen molar-refractivity contribution in [1.29, 1.82) is 0 Å². The Kier molecular flexibility index (Phi) is 3.25. The normalized spacial score (nSPS) is 20.2. The molecule has 1 fully saturated rings. The fourth-order valence-electron chi connectivity index (χ4n) is 0.714. The van der Waals surface area contributed by atoms with Gasteiger partial charge in [0, 0.05) is 5.57 Å². The van der Waals surface area contributed by atoms with Crippen molar-refractivity contribution in [1.82, 2.24) is 0 Å². The minimum absolute atomic E-state index is 0.0857. The highest BCUT2D eigenvalue weighted by atomic mass is 32.2. The molecule has 0 spiro atoms. The van der Waals surface area contributed by atoms with Gasteiger partial charge in [0.05, 0.1) is 6.61 Å². The lowest BCUT2D eigenvalue weighted by Gasteiger charge is -2.03. The molecule has 14 heavy (non-hydrogen) atoms. The van der Waals surface area contributed by atoms with Gasteiger partial charge in [-0.15, -0.1) is 0 Å². The van der Waals surface area contributed by atoms with Gasteiger partial charge in [-0.1, -0.05) is 6.58 Å². The predicted octanol–water partition coefficient (Wildman–Crippen LogP) is -0.628. The fourth-order valence-corrected chi connectivity index (χ4v) is 1.27. The van der Waals surface area contributed by atoms with E-state index in [2.05, 4.69) is 11.3 Å². The summed E-state index contributed by atoms with van der Waals surface area (Å²) in [5.41, 5.74) is -0.298. The maximum Gasteiger partial charge on any atom is 0.334 e. The summed E-state index contributed by atoms with van der Waals surface area (Å²) < 4.78 is 38.5. The first-order chi connectivity index (χ1) is 6.38. The highest BCUT2D eigenvalue weighted by Crippen LogP contribution is 2.09. The molecule has 1 aliphatic rings. The quantitative estimate of drug-likeness (QED) is 0.288. The molecule has 1 heterocycles. The molecule has 0 aliphatic carbocycles. The van der Waals surface area contributed by atoms with Gasteiger partial charge in [-0.3, -0.25) is 4.55 Å². The highest BCUT2D eigenvalue weighted by molar-refractivity contribution is 7.86. The Labute approximate surface area is 81.3 Å². The van der Waals surface area contributed by atoms with E-state index in [1.165, 1.54) is 0 Å². The molecule has 0 bridgehead atoms. The van der Waals surface area contributed by atoms with Crippen LogP contribution in [0.15, 0.2) is 12.2 Å². The van der Waals surface area contributed by atoms with Crippen molar-refractivity contribution in [2.75, 3.05) is 19.0 Å². The predicted molar refractivity (Wildman–Crippen MR) is 46.3 cm³/mol. The van der Waals surface area contributed by atoms with E-state index in [4.69, 9.17) is 9.29 Å². The van der Waals surface area contributed by atoms with Gasteiger partial charge in [0.2, 0.25) is 0 Å². The first-order valence-corrected chi connectivity index (χ1v) is 5.41. The standard InChI is InChI=1S/C7H10O6S/c1-5(4-14(9,10)11)7(8)13-3-6-2-12-6/h6H,1-4H2,(H,9,10,11). The van der Waals surface area contributed by atoms with E-state index in [1.807, 2.05) is 0 Å². The molecule has 80 valence electrons. The van der Waals surface area contributed by atoms with E-state index in [1.54, 1.807) is 0 Å². The maximum atomic E-state index is 11.0. The van der Waals surface area contributed by atoms with Crippen LogP contribution in [0.3, 0.4) is 0 Å². The summed E-state index contributed by atoms with van der Waals surface area (Å²) >= 11 is 0. The van der Waals surface area contributed by atoms with Crippen molar-refractivity contribution < 1.29 is 27.2 Å². The summed E-state index contributed by atoms with van der Waals surface area (Å²) in [5, 5.41) is 0. The van der Waals surface area contributed by atoms with Gasteiger partial charge in [-0.05, 0) is 0 Å². The van der Waals surface area contributed by atoms with Crippen LogP contribution in [0, 0.1) is 0 Å². The molecule has 1 unspecified atom stereocenters. The lowest BCUT2D eigenvalue weighted by molar-refractivity contribution is -0.139. The third-order valence-electron chi connectivity index (χ3n) is 1.45. The Balaban J connectivity index is 2.31. The Morgan fingerprint density at radius 3 is 2.64 bits per heavy atom. The average Bonchev–Trinajstić information content (AvgIpc) is 2.79. The van der Waals surface area contributed by atoms with Crippen LogP contribution in [0.5, 0.6) is 0 Å². The Morgan fingerprint density at radius 2 is 2.21 bits per heavy atom. The molecule has 1 aliphatic heterocycles. The van der Waals surface area contributed by atoms with Crippen molar-refractivity contribution in [2.45, 2.75) is 6.10 Å². The van der Waals surface area contributed by atoms with Crippen molar-refractivity contribution in [3.8, 4) is 0 Å². The highest BCUT2D eigenvalue weighted by Gasteiger charge is 2.25. The van der Waals surface area contributed by atoms with E-state index < -0.39 is 21.8 Å². The Bertz CT molecular complexity index is 339. The van der Waals surface area contributed by atoms with Crippen LogP contribution in [-0.2, 0) is 24.4 Å². The van der Waals surface area contributed by atoms with Crippen LogP contribution in [0.1, 0.15) is 0 Å². The molecule has 1 N–H and O–H groups in total. The smallest absolute Gasteiger partial charge is 0.334 e. The molecule has 6 nitrogen and oxygen atoms in total. The van der Waals surface area contributed by atoms with E-state index >= 15 is 0 Å². The molecule has 0 aromatic heterocycles. The average molecular weight is 222 g/mol. The summed E-state index contributed by atoms with van der Waals surface area (Å²) in [4.78, 5) is 11.0. The molecule has 7 heteroatoms. The van der Waals surface area contributed by atoms with E-state index in [0.717, 1.165) is 0 Å². The fraction of sp³-hybridized carbons (Fsp3) is 0.571. The number of carbonyl (C=O) groups is 1. The second kappa shape index (κ2) is 4.07. The molecular formula is C7H10O6S. The molecule has 0 aromatic carbocycles. The maximum absolute atomic E-state index is 11.0. The summed E-state index contributed by atoms with van der Waals surface area (Å²) in [6.07, 6.45) is -0.0857. The van der Waals surface area contributed by atoms with Crippen LogP contribution in [0.4, 0.5) is 0 Å². The first-order valence-electron chi connectivity index (χ1n) is 3.80. The largest absolute Gasteiger partial charge is 0.459 e. The van der Waals surface area contributed by atoms with Crippen molar-refractivity contribution in [3.05, 3.63) is 12.2 Å². The van der Waals surface area contributed by atoms with Gasteiger partial charge in [0.25, 0.3) is 10.1 Å². The van der Waals surface area contributed by atoms with E-state index in [-0.39, 0.29) is 18.3 Å². The van der Waals surface area contributed by atoms with Gasteiger partial charge in [0.15, 0.2) is 0 Å². The molecule has 1 saturated heterocycles. The monoisotopic (exact) mass is 222 g/mol. The zero-order chi connectivity index (χ0) is 10.8. The SMILES string of the molecule is C=C(CS(=O)(=O)O)C(=O)OCC1CO1. The lowest BCUT2D eigenvalue weighted by Crippen LogP contribution is -2.17. The Hall–Kier alpha value is -0.920. The third kappa shape index (κ3) is 4.35. The molecule has 0 radical (unpaired) electrons. The summed E-state index contributed by atoms with van der Waals surface area (Å²) in [5.74, 6) is -1.64. The lowest BCUT2D eigenvalue weighted by atomic mass is 10.3. The Morgan fingerprint density at radius 1 is 1.64 bits per heavy atom. The summed E-state index contributed by atoms with van der Waals surface area (Å²) in [7, 11) is -4.22. The minimum atomic E-state index is -4.22. The third-order valence-corrected chi connectivity index (χ3v) is 2.16. The summed E-state index contributed by atoms with van der Waals surface area (Å²) in [6, 6.07) is 0. The minimum Gasteiger partial charge on any atom is -0.459 e. The molecule has 0 amide bonds. The second-order valence-corrected chi connectivity index (χ2v) is 4.34. The number of rotatable bonds is 5. The van der Waals surface area contributed by atoms with E-state index in [9.17, 15) is 13.2 Å². The number of esters is 1.